The van der Waals surface area contributed by atoms with Gasteiger partial charge in [0, 0.05) is 16.2 Å². The standard InChI is InChI=1S/C17H16OS/c1-11-3-6-13(7-4-11)15-10-19-16-9-12(2)5-8-14(16)17(15)18/h3-9,15H,10H2,1-2H3. The highest BCUT2D eigenvalue weighted by molar-refractivity contribution is 7.99. The molecular formula is C17H16OS. The highest BCUT2D eigenvalue weighted by Crippen LogP contribution is 2.38. The van der Waals surface area contributed by atoms with Crippen molar-refractivity contribution in [3.05, 3.63) is 64.7 Å². The number of ketones is 1. The lowest BCUT2D eigenvalue weighted by atomic mass is 9.91. The van der Waals surface area contributed by atoms with Crippen molar-refractivity contribution < 1.29 is 4.79 Å². The Morgan fingerprint density at radius 1 is 1.00 bits per heavy atom. The summed E-state index contributed by atoms with van der Waals surface area (Å²) in [6.07, 6.45) is 0. The van der Waals surface area contributed by atoms with Gasteiger partial charge in [-0.05, 0) is 37.1 Å². The molecule has 19 heavy (non-hydrogen) atoms. The van der Waals surface area contributed by atoms with Crippen molar-refractivity contribution >= 4 is 17.5 Å². The van der Waals surface area contributed by atoms with Crippen LogP contribution in [0.5, 0.6) is 0 Å². The molecule has 0 spiro atoms. The van der Waals surface area contributed by atoms with Gasteiger partial charge in [-0.2, -0.15) is 0 Å². The number of aryl methyl sites for hydroxylation is 2. The topological polar surface area (TPSA) is 17.1 Å². The number of benzene rings is 2. The molecule has 0 saturated carbocycles. The second-order valence-electron chi connectivity index (χ2n) is 5.14. The van der Waals surface area contributed by atoms with E-state index in [0.717, 1.165) is 21.8 Å². The molecule has 2 aromatic carbocycles. The first-order valence-corrected chi connectivity index (χ1v) is 7.48. The van der Waals surface area contributed by atoms with Gasteiger partial charge >= 0.3 is 0 Å². The third-order valence-corrected chi connectivity index (χ3v) is 4.75. The minimum Gasteiger partial charge on any atom is -0.293 e. The molecule has 0 amide bonds. The van der Waals surface area contributed by atoms with E-state index in [9.17, 15) is 4.79 Å². The average molecular weight is 268 g/mol. The monoisotopic (exact) mass is 268 g/mol. The molecule has 2 heteroatoms. The molecule has 0 fully saturated rings. The van der Waals surface area contributed by atoms with Crippen LogP contribution in [0.3, 0.4) is 0 Å². The van der Waals surface area contributed by atoms with E-state index in [4.69, 9.17) is 0 Å². The predicted molar refractivity (Wildman–Crippen MR) is 80.2 cm³/mol. The van der Waals surface area contributed by atoms with Crippen LogP contribution in [-0.4, -0.2) is 11.5 Å². The van der Waals surface area contributed by atoms with E-state index < -0.39 is 0 Å². The Bertz CT molecular complexity index is 628. The normalized spacial score (nSPS) is 18.2. The van der Waals surface area contributed by atoms with E-state index in [1.54, 1.807) is 11.8 Å². The van der Waals surface area contributed by atoms with Gasteiger partial charge in [0.2, 0.25) is 0 Å². The highest BCUT2D eigenvalue weighted by Gasteiger charge is 2.28. The summed E-state index contributed by atoms with van der Waals surface area (Å²) in [6, 6.07) is 14.4. The Kier molecular flexibility index (Phi) is 3.19. The largest absolute Gasteiger partial charge is 0.293 e. The van der Waals surface area contributed by atoms with Gasteiger partial charge in [-0.1, -0.05) is 35.9 Å². The van der Waals surface area contributed by atoms with Crippen LogP contribution in [0.1, 0.15) is 33.0 Å². The maximum atomic E-state index is 12.6. The maximum absolute atomic E-state index is 12.6. The molecule has 1 nitrogen and oxygen atoms in total. The molecule has 0 N–H and O–H groups in total. The molecular weight excluding hydrogens is 252 g/mol. The lowest BCUT2D eigenvalue weighted by molar-refractivity contribution is 0.0963. The molecule has 0 radical (unpaired) electrons. The van der Waals surface area contributed by atoms with Crippen LogP contribution in [0.15, 0.2) is 47.4 Å². The summed E-state index contributed by atoms with van der Waals surface area (Å²) >= 11 is 1.79. The van der Waals surface area contributed by atoms with Crippen molar-refractivity contribution in [3.63, 3.8) is 0 Å². The van der Waals surface area contributed by atoms with Gasteiger partial charge in [0.1, 0.15) is 0 Å². The molecule has 1 aliphatic rings. The van der Waals surface area contributed by atoms with Crippen LogP contribution in [0.4, 0.5) is 0 Å². The fourth-order valence-electron chi connectivity index (χ4n) is 2.44. The first-order valence-electron chi connectivity index (χ1n) is 6.49. The van der Waals surface area contributed by atoms with Gasteiger partial charge in [0.05, 0.1) is 5.92 Å². The van der Waals surface area contributed by atoms with E-state index in [0.29, 0.717) is 0 Å². The number of hydrogen-bond acceptors (Lipinski definition) is 2. The van der Waals surface area contributed by atoms with Gasteiger partial charge < -0.3 is 0 Å². The van der Waals surface area contributed by atoms with Gasteiger partial charge in [0.15, 0.2) is 5.78 Å². The van der Waals surface area contributed by atoms with Gasteiger partial charge in [-0.3, -0.25) is 4.79 Å². The van der Waals surface area contributed by atoms with Gasteiger partial charge in [-0.25, -0.2) is 0 Å². The first kappa shape index (κ1) is 12.5. The summed E-state index contributed by atoms with van der Waals surface area (Å²) in [5.41, 5.74) is 4.46. The highest BCUT2D eigenvalue weighted by atomic mass is 32.2. The van der Waals surface area contributed by atoms with E-state index in [2.05, 4.69) is 44.2 Å². The lowest BCUT2D eigenvalue weighted by Gasteiger charge is -2.23. The van der Waals surface area contributed by atoms with E-state index in [-0.39, 0.29) is 11.7 Å². The Morgan fingerprint density at radius 3 is 2.42 bits per heavy atom. The number of Topliss-reactive ketones (excluding diaryl/α,β-unsaturated/α-hetero) is 1. The number of thioether (sulfide) groups is 1. The van der Waals surface area contributed by atoms with Crippen molar-refractivity contribution in [2.45, 2.75) is 24.7 Å². The fraction of sp³-hybridized carbons (Fsp3) is 0.235. The number of carbonyl (C=O) groups is 1. The Hall–Kier alpha value is -1.54. The summed E-state index contributed by atoms with van der Waals surface area (Å²) in [4.78, 5) is 13.7. The van der Waals surface area contributed by atoms with Crippen molar-refractivity contribution in [1.82, 2.24) is 0 Å². The maximum Gasteiger partial charge on any atom is 0.172 e. The summed E-state index contributed by atoms with van der Waals surface area (Å²) < 4.78 is 0. The predicted octanol–water partition coefficient (Wildman–Crippen LogP) is 4.38. The number of fused-ring (bicyclic) bond motifs is 1. The molecule has 0 aliphatic carbocycles. The van der Waals surface area contributed by atoms with Gasteiger partial charge in [0.25, 0.3) is 0 Å². The zero-order valence-electron chi connectivity index (χ0n) is 11.1. The summed E-state index contributed by atoms with van der Waals surface area (Å²) in [5.74, 6) is 1.11. The smallest absolute Gasteiger partial charge is 0.172 e. The number of hydrogen-bond donors (Lipinski definition) is 0. The molecule has 3 rings (SSSR count). The van der Waals surface area contributed by atoms with Crippen LogP contribution in [0.25, 0.3) is 0 Å². The second-order valence-corrected chi connectivity index (χ2v) is 6.20. The molecule has 1 atom stereocenters. The van der Waals surface area contributed by atoms with Crippen molar-refractivity contribution in [3.8, 4) is 0 Å². The van der Waals surface area contributed by atoms with E-state index in [1.807, 2.05) is 12.1 Å². The van der Waals surface area contributed by atoms with E-state index >= 15 is 0 Å². The SMILES string of the molecule is Cc1ccc(C2CSc3cc(C)ccc3C2=O)cc1. The first-order chi connectivity index (χ1) is 9.15. The lowest BCUT2D eigenvalue weighted by Crippen LogP contribution is -2.20. The summed E-state index contributed by atoms with van der Waals surface area (Å²) in [5, 5.41) is 0. The van der Waals surface area contributed by atoms with Crippen LogP contribution in [-0.2, 0) is 0 Å². The van der Waals surface area contributed by atoms with Crippen LogP contribution in [0, 0.1) is 13.8 Å². The molecule has 96 valence electrons. The second kappa shape index (κ2) is 4.86. The molecule has 2 aromatic rings. The summed E-state index contributed by atoms with van der Waals surface area (Å²) in [7, 11) is 0. The van der Waals surface area contributed by atoms with Crippen molar-refractivity contribution in [1.29, 1.82) is 0 Å². The molecule has 0 bridgehead atoms. The Morgan fingerprint density at radius 2 is 1.68 bits per heavy atom. The Labute approximate surface area is 118 Å². The Balaban J connectivity index is 1.97. The number of rotatable bonds is 1. The fourth-order valence-corrected chi connectivity index (χ4v) is 3.72. The van der Waals surface area contributed by atoms with Crippen LogP contribution < -0.4 is 0 Å². The minimum absolute atomic E-state index is 0.000746. The molecule has 0 aromatic heterocycles. The third kappa shape index (κ3) is 2.33. The number of carbonyl (C=O) groups excluding carboxylic acids is 1. The van der Waals surface area contributed by atoms with Gasteiger partial charge in [-0.15, -0.1) is 11.8 Å². The zero-order chi connectivity index (χ0) is 13.4. The van der Waals surface area contributed by atoms with Crippen molar-refractivity contribution in [2.75, 3.05) is 5.75 Å². The molecule has 1 heterocycles. The molecule has 1 unspecified atom stereocenters. The quantitative estimate of drug-likeness (QED) is 0.763. The zero-order valence-corrected chi connectivity index (χ0v) is 12.0. The average Bonchev–Trinajstić information content (AvgIpc) is 2.40. The van der Waals surface area contributed by atoms with Crippen LogP contribution in [0.2, 0.25) is 0 Å². The van der Waals surface area contributed by atoms with E-state index in [1.165, 1.54) is 11.1 Å². The molecule has 0 saturated heterocycles. The van der Waals surface area contributed by atoms with Crippen molar-refractivity contribution in [2.24, 2.45) is 0 Å². The third-order valence-electron chi connectivity index (χ3n) is 3.60. The molecule has 1 aliphatic heterocycles. The van der Waals surface area contributed by atoms with Crippen LogP contribution >= 0.6 is 11.8 Å². The summed E-state index contributed by atoms with van der Waals surface area (Å²) in [6.45, 7) is 4.14. The minimum atomic E-state index is 0.000746.